The summed E-state index contributed by atoms with van der Waals surface area (Å²) in [5, 5.41) is 0. The van der Waals surface area contributed by atoms with E-state index in [0.717, 1.165) is 37.3 Å². The minimum absolute atomic E-state index is 0.224. The molecule has 0 aromatic rings. The first kappa shape index (κ1) is 12.5. The van der Waals surface area contributed by atoms with Crippen molar-refractivity contribution in [1.82, 2.24) is 10.3 Å². The Morgan fingerprint density at radius 1 is 1.39 bits per heavy atom. The highest BCUT2D eigenvalue weighted by molar-refractivity contribution is 5.10. The summed E-state index contributed by atoms with van der Waals surface area (Å²) in [6, 6.07) is 1.74. The van der Waals surface area contributed by atoms with E-state index < -0.39 is 0 Å². The minimum Gasteiger partial charge on any atom is -0.497 e. The van der Waals surface area contributed by atoms with Crippen molar-refractivity contribution in [3.63, 3.8) is 0 Å². The monoisotopic (exact) mass is 251 g/mol. The fourth-order valence-corrected chi connectivity index (χ4v) is 3.97. The molecule has 3 atom stereocenters. The zero-order chi connectivity index (χ0) is 12.5. The number of allylic oxidation sites excluding steroid dienone is 1. The largest absolute Gasteiger partial charge is 0.497 e. The fourth-order valence-electron chi connectivity index (χ4n) is 3.97. The first-order valence-electron chi connectivity index (χ1n) is 7.30. The number of hydrogen-bond acceptors (Lipinski definition) is 4. The lowest BCUT2D eigenvalue weighted by Gasteiger charge is -2.40. The van der Waals surface area contributed by atoms with Crippen LogP contribution in [0, 0.1) is 5.92 Å². The van der Waals surface area contributed by atoms with Crippen LogP contribution in [0.2, 0.25) is 0 Å². The number of nitrogens with zero attached hydrogens (tertiary/aromatic N) is 1. The van der Waals surface area contributed by atoms with Gasteiger partial charge in [0.05, 0.1) is 12.6 Å². The summed E-state index contributed by atoms with van der Waals surface area (Å²) in [6.07, 6.45) is 9.72. The molecule has 3 rings (SSSR count). The standard InChI is InChI=1S/C14H25N3O/c1-17-11-5-6-12(17)9-10(8-11)14(16-15)13-4-2-3-7-18-13/h4,10-12,14,16H,2-3,5-9,15H2,1H3. The quantitative estimate of drug-likeness (QED) is 0.588. The van der Waals surface area contributed by atoms with Gasteiger partial charge in [0, 0.05) is 12.1 Å². The van der Waals surface area contributed by atoms with E-state index in [2.05, 4.69) is 23.4 Å². The number of hydrazine groups is 1. The van der Waals surface area contributed by atoms with Gasteiger partial charge in [-0.1, -0.05) is 0 Å². The number of ether oxygens (including phenoxy) is 1. The highest BCUT2D eigenvalue weighted by Crippen LogP contribution is 2.40. The maximum atomic E-state index is 5.81. The molecule has 0 aromatic carbocycles. The fraction of sp³-hybridized carbons (Fsp3) is 0.857. The third kappa shape index (κ3) is 2.17. The molecular weight excluding hydrogens is 226 g/mol. The summed E-state index contributed by atoms with van der Waals surface area (Å²) >= 11 is 0. The molecule has 3 heterocycles. The maximum absolute atomic E-state index is 5.81. The van der Waals surface area contributed by atoms with Gasteiger partial charge in [-0.2, -0.15) is 0 Å². The number of nitrogens with one attached hydrogen (secondary N) is 1. The second-order valence-corrected chi connectivity index (χ2v) is 6.02. The normalized spacial score (nSPS) is 38.1. The zero-order valence-corrected chi connectivity index (χ0v) is 11.3. The van der Waals surface area contributed by atoms with E-state index in [0.29, 0.717) is 5.92 Å². The molecule has 3 aliphatic rings. The first-order valence-corrected chi connectivity index (χ1v) is 7.30. The van der Waals surface area contributed by atoms with Gasteiger partial charge in [0.15, 0.2) is 0 Å². The van der Waals surface area contributed by atoms with Crippen LogP contribution in [0.25, 0.3) is 0 Å². The predicted molar refractivity (Wildman–Crippen MR) is 71.7 cm³/mol. The Morgan fingerprint density at radius 2 is 2.11 bits per heavy atom. The van der Waals surface area contributed by atoms with Crippen molar-refractivity contribution in [2.45, 2.75) is 56.7 Å². The van der Waals surface area contributed by atoms with E-state index in [1.54, 1.807) is 0 Å². The zero-order valence-electron chi connectivity index (χ0n) is 11.3. The molecule has 2 saturated heterocycles. The highest BCUT2D eigenvalue weighted by atomic mass is 16.5. The van der Waals surface area contributed by atoms with Crippen LogP contribution in [-0.4, -0.2) is 36.7 Å². The molecule has 18 heavy (non-hydrogen) atoms. The first-order chi connectivity index (χ1) is 8.79. The van der Waals surface area contributed by atoms with Crippen LogP contribution >= 0.6 is 0 Å². The van der Waals surface area contributed by atoms with Gasteiger partial charge in [0.1, 0.15) is 5.76 Å². The molecule has 4 heteroatoms. The summed E-state index contributed by atoms with van der Waals surface area (Å²) in [6.45, 7) is 0.851. The predicted octanol–water partition coefficient (Wildman–Crippen LogP) is 1.39. The Kier molecular flexibility index (Phi) is 3.59. The average Bonchev–Trinajstić information content (AvgIpc) is 2.64. The number of rotatable bonds is 3. The van der Waals surface area contributed by atoms with Gasteiger partial charge >= 0.3 is 0 Å². The van der Waals surface area contributed by atoms with Gasteiger partial charge in [-0.3, -0.25) is 5.84 Å². The molecule has 0 aromatic heterocycles. The smallest absolute Gasteiger partial charge is 0.111 e. The summed E-state index contributed by atoms with van der Waals surface area (Å²) in [7, 11) is 2.28. The van der Waals surface area contributed by atoms with Crippen molar-refractivity contribution in [2.24, 2.45) is 11.8 Å². The molecule has 0 aliphatic carbocycles. The molecule has 0 radical (unpaired) electrons. The second kappa shape index (κ2) is 5.19. The van der Waals surface area contributed by atoms with E-state index in [-0.39, 0.29) is 6.04 Å². The van der Waals surface area contributed by atoms with Gasteiger partial charge in [0.2, 0.25) is 0 Å². The van der Waals surface area contributed by atoms with E-state index >= 15 is 0 Å². The minimum atomic E-state index is 0.224. The van der Waals surface area contributed by atoms with Crippen LogP contribution < -0.4 is 11.3 Å². The van der Waals surface area contributed by atoms with E-state index in [1.165, 1.54) is 25.7 Å². The molecule has 2 bridgehead atoms. The SMILES string of the molecule is CN1C2CCC1CC(C(NN)C1=CCCCO1)C2. The van der Waals surface area contributed by atoms with Gasteiger partial charge in [-0.25, -0.2) is 5.43 Å². The van der Waals surface area contributed by atoms with Gasteiger partial charge < -0.3 is 9.64 Å². The third-order valence-electron chi connectivity index (χ3n) is 5.05. The summed E-state index contributed by atoms with van der Waals surface area (Å²) in [5.74, 6) is 7.52. The van der Waals surface area contributed by atoms with Crippen LogP contribution in [-0.2, 0) is 4.74 Å². The lowest BCUT2D eigenvalue weighted by molar-refractivity contribution is 0.0899. The Bertz CT molecular complexity index is 317. The molecule has 4 nitrogen and oxygen atoms in total. The lowest BCUT2D eigenvalue weighted by atomic mass is 9.84. The Labute approximate surface area is 110 Å². The Balaban J connectivity index is 1.71. The molecule has 3 aliphatic heterocycles. The summed E-state index contributed by atoms with van der Waals surface area (Å²) in [4.78, 5) is 2.57. The van der Waals surface area contributed by atoms with Crippen LogP contribution in [0.3, 0.4) is 0 Å². The average molecular weight is 251 g/mol. The highest BCUT2D eigenvalue weighted by Gasteiger charge is 2.42. The number of fused-ring (bicyclic) bond motifs is 2. The number of piperidine rings is 1. The molecule has 3 N–H and O–H groups in total. The van der Waals surface area contributed by atoms with Gasteiger partial charge in [-0.05, 0) is 57.6 Å². The Hall–Kier alpha value is -0.580. The Morgan fingerprint density at radius 3 is 2.67 bits per heavy atom. The molecule has 0 amide bonds. The second-order valence-electron chi connectivity index (χ2n) is 6.02. The van der Waals surface area contributed by atoms with Crippen molar-refractivity contribution in [3.05, 3.63) is 11.8 Å². The van der Waals surface area contributed by atoms with Crippen molar-refractivity contribution >= 4 is 0 Å². The van der Waals surface area contributed by atoms with Crippen molar-refractivity contribution in [3.8, 4) is 0 Å². The van der Waals surface area contributed by atoms with Crippen molar-refractivity contribution in [1.29, 1.82) is 0 Å². The molecule has 3 unspecified atom stereocenters. The molecule has 2 fully saturated rings. The molecular formula is C14H25N3O. The topological polar surface area (TPSA) is 50.5 Å². The van der Waals surface area contributed by atoms with Crippen molar-refractivity contribution in [2.75, 3.05) is 13.7 Å². The number of nitrogens with two attached hydrogens (primary N) is 1. The molecule has 0 spiro atoms. The van der Waals surface area contributed by atoms with Gasteiger partial charge in [-0.15, -0.1) is 0 Å². The molecule has 102 valence electrons. The van der Waals surface area contributed by atoms with Crippen LogP contribution in [0.1, 0.15) is 38.5 Å². The van der Waals surface area contributed by atoms with E-state index in [4.69, 9.17) is 10.6 Å². The van der Waals surface area contributed by atoms with Gasteiger partial charge in [0.25, 0.3) is 0 Å². The van der Waals surface area contributed by atoms with E-state index in [9.17, 15) is 0 Å². The van der Waals surface area contributed by atoms with Crippen molar-refractivity contribution < 1.29 is 4.74 Å². The van der Waals surface area contributed by atoms with E-state index in [1.807, 2.05) is 0 Å². The third-order valence-corrected chi connectivity index (χ3v) is 5.05. The summed E-state index contributed by atoms with van der Waals surface area (Å²) < 4.78 is 5.81. The van der Waals surface area contributed by atoms with Crippen LogP contribution in [0.4, 0.5) is 0 Å². The molecule has 0 saturated carbocycles. The van der Waals surface area contributed by atoms with Crippen LogP contribution in [0.15, 0.2) is 11.8 Å². The summed E-state index contributed by atoms with van der Waals surface area (Å²) in [5.41, 5.74) is 3.01. The lowest BCUT2D eigenvalue weighted by Crippen LogP contribution is -2.50. The maximum Gasteiger partial charge on any atom is 0.111 e. The number of hydrogen-bond donors (Lipinski definition) is 2. The van der Waals surface area contributed by atoms with Crippen LogP contribution in [0.5, 0.6) is 0 Å².